The first-order chi connectivity index (χ1) is 6.38. The molecule has 1 heterocycles. The van der Waals surface area contributed by atoms with Gasteiger partial charge < -0.3 is 15.3 Å². The molecule has 1 fully saturated rings. The number of rotatable bonds is 2. The standard InChI is InChI=1S/C10H20N2O2/c1-10(2,3)11-6-9(14)12-5-4-8(13)7-12/h8,11,13H,4-7H2,1-3H3/t8-/m1/s1. The normalized spacial score (nSPS) is 22.9. The molecule has 14 heavy (non-hydrogen) atoms. The van der Waals surface area contributed by atoms with Gasteiger partial charge in [0.1, 0.15) is 0 Å². The minimum atomic E-state index is -0.325. The van der Waals surface area contributed by atoms with Gasteiger partial charge in [-0.1, -0.05) is 0 Å². The van der Waals surface area contributed by atoms with Crippen LogP contribution in [0.1, 0.15) is 27.2 Å². The van der Waals surface area contributed by atoms with Gasteiger partial charge in [0.05, 0.1) is 12.6 Å². The molecule has 1 aliphatic heterocycles. The summed E-state index contributed by atoms with van der Waals surface area (Å²) >= 11 is 0. The highest BCUT2D eigenvalue weighted by atomic mass is 16.3. The maximum absolute atomic E-state index is 11.6. The number of aliphatic hydroxyl groups excluding tert-OH is 1. The van der Waals surface area contributed by atoms with E-state index in [-0.39, 0.29) is 17.6 Å². The van der Waals surface area contributed by atoms with E-state index in [4.69, 9.17) is 0 Å². The Morgan fingerprint density at radius 3 is 2.64 bits per heavy atom. The van der Waals surface area contributed by atoms with Gasteiger partial charge in [-0.2, -0.15) is 0 Å². The molecule has 4 nitrogen and oxygen atoms in total. The minimum absolute atomic E-state index is 0.0337. The molecule has 1 saturated heterocycles. The highest BCUT2D eigenvalue weighted by Crippen LogP contribution is 2.08. The van der Waals surface area contributed by atoms with Crippen LogP contribution in [0.2, 0.25) is 0 Å². The monoisotopic (exact) mass is 200 g/mol. The zero-order valence-electron chi connectivity index (χ0n) is 9.21. The molecule has 0 aromatic carbocycles. The zero-order valence-corrected chi connectivity index (χ0v) is 9.21. The van der Waals surface area contributed by atoms with E-state index in [9.17, 15) is 9.90 Å². The molecule has 0 aromatic heterocycles. The van der Waals surface area contributed by atoms with Gasteiger partial charge in [-0.25, -0.2) is 0 Å². The molecular weight excluding hydrogens is 180 g/mol. The number of β-amino-alcohol motifs (C(OH)–C–C–N with tert-alkyl or cyclic N) is 1. The third kappa shape index (κ3) is 3.64. The molecule has 0 radical (unpaired) electrons. The van der Waals surface area contributed by atoms with Gasteiger partial charge in [0.25, 0.3) is 0 Å². The third-order valence-electron chi connectivity index (χ3n) is 2.29. The summed E-state index contributed by atoms with van der Waals surface area (Å²) in [5.41, 5.74) is -0.0337. The number of amides is 1. The van der Waals surface area contributed by atoms with Crippen molar-refractivity contribution >= 4 is 5.91 Å². The quantitative estimate of drug-likeness (QED) is 0.658. The van der Waals surface area contributed by atoms with Crippen LogP contribution in [0.25, 0.3) is 0 Å². The molecule has 4 heteroatoms. The molecule has 1 atom stereocenters. The number of hydrogen-bond acceptors (Lipinski definition) is 3. The Balaban J connectivity index is 2.29. The van der Waals surface area contributed by atoms with Crippen LogP contribution in [0.15, 0.2) is 0 Å². The summed E-state index contributed by atoms with van der Waals surface area (Å²) in [7, 11) is 0. The lowest BCUT2D eigenvalue weighted by atomic mass is 10.1. The third-order valence-corrected chi connectivity index (χ3v) is 2.29. The van der Waals surface area contributed by atoms with Crippen molar-refractivity contribution in [2.75, 3.05) is 19.6 Å². The number of aliphatic hydroxyl groups is 1. The Morgan fingerprint density at radius 2 is 2.21 bits per heavy atom. The average molecular weight is 200 g/mol. The number of nitrogens with one attached hydrogen (secondary N) is 1. The van der Waals surface area contributed by atoms with Crippen LogP contribution in [0.5, 0.6) is 0 Å². The number of carbonyl (C=O) groups is 1. The summed E-state index contributed by atoms with van der Waals surface area (Å²) in [6, 6.07) is 0. The van der Waals surface area contributed by atoms with Crippen molar-refractivity contribution < 1.29 is 9.90 Å². The SMILES string of the molecule is CC(C)(C)NCC(=O)N1CC[C@@H](O)C1. The fourth-order valence-corrected chi connectivity index (χ4v) is 1.42. The van der Waals surface area contributed by atoms with E-state index >= 15 is 0 Å². The van der Waals surface area contributed by atoms with Crippen molar-refractivity contribution in [3.63, 3.8) is 0 Å². The highest BCUT2D eigenvalue weighted by Gasteiger charge is 2.24. The molecular formula is C10H20N2O2. The molecule has 0 bridgehead atoms. The predicted molar refractivity (Wildman–Crippen MR) is 55.0 cm³/mol. The van der Waals surface area contributed by atoms with Gasteiger partial charge in [0, 0.05) is 18.6 Å². The number of nitrogens with zero attached hydrogens (tertiary/aromatic N) is 1. The second kappa shape index (κ2) is 4.28. The van der Waals surface area contributed by atoms with Crippen molar-refractivity contribution in [2.24, 2.45) is 0 Å². The molecule has 0 aliphatic carbocycles. The Labute approximate surface area is 85.3 Å². The van der Waals surface area contributed by atoms with Crippen LogP contribution in [-0.2, 0) is 4.79 Å². The van der Waals surface area contributed by atoms with Crippen molar-refractivity contribution in [2.45, 2.75) is 38.8 Å². The summed E-state index contributed by atoms with van der Waals surface area (Å²) in [5.74, 6) is 0.0801. The molecule has 1 aliphatic rings. The van der Waals surface area contributed by atoms with E-state index in [1.165, 1.54) is 0 Å². The molecule has 82 valence electrons. The summed E-state index contributed by atoms with van der Waals surface area (Å²) in [4.78, 5) is 13.3. The van der Waals surface area contributed by atoms with Gasteiger partial charge in [0.2, 0.25) is 5.91 Å². The van der Waals surface area contributed by atoms with Crippen molar-refractivity contribution in [1.82, 2.24) is 10.2 Å². The Morgan fingerprint density at radius 1 is 1.57 bits per heavy atom. The molecule has 0 spiro atoms. The largest absolute Gasteiger partial charge is 0.391 e. The first kappa shape index (κ1) is 11.5. The van der Waals surface area contributed by atoms with E-state index in [1.807, 2.05) is 20.8 Å². The lowest BCUT2D eigenvalue weighted by Crippen LogP contribution is -2.44. The smallest absolute Gasteiger partial charge is 0.236 e. The topological polar surface area (TPSA) is 52.6 Å². The minimum Gasteiger partial charge on any atom is -0.391 e. The first-order valence-corrected chi connectivity index (χ1v) is 5.09. The van der Waals surface area contributed by atoms with Gasteiger partial charge in [-0.05, 0) is 27.2 Å². The summed E-state index contributed by atoms with van der Waals surface area (Å²) in [5, 5.41) is 12.4. The second-order valence-electron chi connectivity index (χ2n) is 4.89. The van der Waals surface area contributed by atoms with E-state index in [0.717, 1.165) is 0 Å². The zero-order chi connectivity index (χ0) is 10.8. The number of carbonyl (C=O) groups excluding carboxylic acids is 1. The van der Waals surface area contributed by atoms with Crippen molar-refractivity contribution in [1.29, 1.82) is 0 Å². The average Bonchev–Trinajstić information content (AvgIpc) is 2.46. The molecule has 0 aromatic rings. The van der Waals surface area contributed by atoms with Crippen molar-refractivity contribution in [3.8, 4) is 0 Å². The van der Waals surface area contributed by atoms with Gasteiger partial charge in [0.15, 0.2) is 0 Å². The molecule has 2 N–H and O–H groups in total. The van der Waals surface area contributed by atoms with Crippen LogP contribution in [0.4, 0.5) is 0 Å². The van der Waals surface area contributed by atoms with Crippen LogP contribution >= 0.6 is 0 Å². The Bertz CT molecular complexity index is 211. The number of likely N-dealkylation sites (tertiary alicyclic amines) is 1. The van der Waals surface area contributed by atoms with E-state index in [2.05, 4.69) is 5.32 Å². The second-order valence-corrected chi connectivity index (χ2v) is 4.89. The predicted octanol–water partition coefficient (Wildman–Crippen LogP) is -0.0323. The van der Waals surface area contributed by atoms with Gasteiger partial charge >= 0.3 is 0 Å². The fraction of sp³-hybridized carbons (Fsp3) is 0.900. The van der Waals surface area contributed by atoms with Crippen LogP contribution in [-0.4, -0.2) is 47.2 Å². The summed E-state index contributed by atoms with van der Waals surface area (Å²) in [6.45, 7) is 7.62. The van der Waals surface area contributed by atoms with Crippen molar-refractivity contribution in [3.05, 3.63) is 0 Å². The summed E-state index contributed by atoms with van der Waals surface area (Å²) in [6.07, 6.45) is 0.384. The number of hydrogen-bond donors (Lipinski definition) is 2. The molecule has 1 rings (SSSR count). The lowest BCUT2D eigenvalue weighted by Gasteiger charge is -2.22. The van der Waals surface area contributed by atoms with E-state index in [1.54, 1.807) is 4.90 Å². The van der Waals surface area contributed by atoms with E-state index < -0.39 is 0 Å². The van der Waals surface area contributed by atoms with Gasteiger partial charge in [-0.3, -0.25) is 4.79 Å². The first-order valence-electron chi connectivity index (χ1n) is 5.09. The lowest BCUT2D eigenvalue weighted by molar-refractivity contribution is -0.129. The molecule has 0 unspecified atom stereocenters. The summed E-state index contributed by atoms with van der Waals surface area (Å²) < 4.78 is 0. The van der Waals surface area contributed by atoms with E-state index in [0.29, 0.717) is 26.1 Å². The van der Waals surface area contributed by atoms with Crippen LogP contribution in [0.3, 0.4) is 0 Å². The molecule has 0 saturated carbocycles. The van der Waals surface area contributed by atoms with Crippen LogP contribution in [0, 0.1) is 0 Å². The fourth-order valence-electron chi connectivity index (χ4n) is 1.42. The Hall–Kier alpha value is -0.610. The molecule has 1 amide bonds. The Kier molecular flexibility index (Phi) is 3.50. The maximum atomic E-state index is 11.6. The highest BCUT2D eigenvalue weighted by molar-refractivity contribution is 5.78. The maximum Gasteiger partial charge on any atom is 0.236 e. The van der Waals surface area contributed by atoms with Gasteiger partial charge in [-0.15, -0.1) is 0 Å². The van der Waals surface area contributed by atoms with Crippen LogP contribution < -0.4 is 5.32 Å².